The number of likely N-dealkylation sites (N-methyl/N-ethyl adjacent to an activating group) is 1. The van der Waals surface area contributed by atoms with Gasteiger partial charge in [0.25, 0.3) is 0 Å². The Labute approximate surface area is 85.8 Å². The van der Waals surface area contributed by atoms with Crippen molar-refractivity contribution >= 4 is 5.91 Å². The molecule has 2 atom stereocenters. The van der Waals surface area contributed by atoms with Crippen LogP contribution in [-0.2, 0) is 4.79 Å². The second kappa shape index (κ2) is 5.32. The first-order chi connectivity index (χ1) is 6.59. The highest BCUT2D eigenvalue weighted by Crippen LogP contribution is 2.16. The van der Waals surface area contributed by atoms with Gasteiger partial charge >= 0.3 is 0 Å². The van der Waals surface area contributed by atoms with Gasteiger partial charge in [-0.3, -0.25) is 4.79 Å². The Balaban J connectivity index is 2.20. The van der Waals surface area contributed by atoms with Crippen LogP contribution < -0.4 is 11.1 Å². The van der Waals surface area contributed by atoms with Crippen molar-refractivity contribution in [3.05, 3.63) is 0 Å². The van der Waals surface area contributed by atoms with E-state index in [2.05, 4.69) is 5.32 Å². The van der Waals surface area contributed by atoms with E-state index in [1.165, 1.54) is 6.42 Å². The maximum Gasteiger partial charge on any atom is 0.236 e. The summed E-state index contributed by atoms with van der Waals surface area (Å²) in [5, 5.41) is 3.26. The molecule has 4 nitrogen and oxygen atoms in total. The van der Waals surface area contributed by atoms with E-state index in [1.54, 1.807) is 19.0 Å². The van der Waals surface area contributed by atoms with Crippen molar-refractivity contribution in [3.8, 4) is 0 Å². The number of carbonyl (C=O) groups is 1. The minimum atomic E-state index is 0.129. The number of rotatable bonds is 3. The van der Waals surface area contributed by atoms with Crippen LogP contribution in [0, 0.1) is 0 Å². The first kappa shape index (κ1) is 11.5. The van der Waals surface area contributed by atoms with E-state index >= 15 is 0 Å². The number of nitrogens with one attached hydrogen (secondary N) is 1. The molecule has 0 aliphatic heterocycles. The average molecular weight is 199 g/mol. The highest BCUT2D eigenvalue weighted by Gasteiger charge is 2.19. The van der Waals surface area contributed by atoms with Gasteiger partial charge in [0.1, 0.15) is 0 Å². The van der Waals surface area contributed by atoms with Crippen LogP contribution in [0.1, 0.15) is 25.7 Å². The summed E-state index contributed by atoms with van der Waals surface area (Å²) in [6, 6.07) is 0.748. The molecule has 0 heterocycles. The highest BCUT2D eigenvalue weighted by molar-refractivity contribution is 5.77. The first-order valence-corrected chi connectivity index (χ1v) is 5.28. The number of hydrogen-bond donors (Lipinski definition) is 2. The van der Waals surface area contributed by atoms with Gasteiger partial charge in [-0.05, 0) is 19.3 Å². The van der Waals surface area contributed by atoms with Crippen LogP contribution in [-0.4, -0.2) is 43.5 Å². The Kier molecular flexibility index (Phi) is 4.35. The van der Waals surface area contributed by atoms with Gasteiger partial charge in [0, 0.05) is 26.2 Å². The molecular formula is C10H21N3O. The summed E-state index contributed by atoms with van der Waals surface area (Å²) in [5.74, 6) is 0.129. The molecule has 0 saturated heterocycles. The quantitative estimate of drug-likeness (QED) is 0.669. The molecule has 0 radical (unpaired) electrons. The Morgan fingerprint density at radius 3 is 2.79 bits per heavy atom. The van der Waals surface area contributed by atoms with Crippen molar-refractivity contribution in [2.45, 2.75) is 37.8 Å². The monoisotopic (exact) mass is 199 g/mol. The van der Waals surface area contributed by atoms with E-state index in [-0.39, 0.29) is 5.91 Å². The molecule has 2 unspecified atom stereocenters. The molecular weight excluding hydrogens is 178 g/mol. The van der Waals surface area contributed by atoms with Gasteiger partial charge in [-0.25, -0.2) is 0 Å². The molecule has 82 valence electrons. The maximum absolute atomic E-state index is 11.3. The predicted octanol–water partition coefficient (Wildman–Crippen LogP) is -0.0659. The topological polar surface area (TPSA) is 58.4 Å². The van der Waals surface area contributed by atoms with E-state index in [9.17, 15) is 4.79 Å². The molecule has 1 saturated carbocycles. The predicted molar refractivity (Wildman–Crippen MR) is 56.9 cm³/mol. The molecule has 1 rings (SSSR count). The fourth-order valence-corrected chi connectivity index (χ4v) is 1.80. The number of amides is 1. The van der Waals surface area contributed by atoms with Gasteiger partial charge in [-0.2, -0.15) is 0 Å². The van der Waals surface area contributed by atoms with Crippen molar-refractivity contribution in [3.63, 3.8) is 0 Å². The van der Waals surface area contributed by atoms with Gasteiger partial charge in [0.15, 0.2) is 0 Å². The Morgan fingerprint density at radius 2 is 2.21 bits per heavy atom. The Bertz CT molecular complexity index is 194. The van der Waals surface area contributed by atoms with Crippen LogP contribution in [0.15, 0.2) is 0 Å². The van der Waals surface area contributed by atoms with Crippen molar-refractivity contribution < 1.29 is 4.79 Å². The van der Waals surface area contributed by atoms with Crippen molar-refractivity contribution in [1.82, 2.24) is 10.2 Å². The lowest BCUT2D eigenvalue weighted by Crippen LogP contribution is -2.43. The molecule has 0 aromatic rings. The molecule has 1 aliphatic rings. The summed E-state index contributed by atoms with van der Waals surface area (Å²) in [4.78, 5) is 12.9. The largest absolute Gasteiger partial charge is 0.348 e. The van der Waals surface area contributed by atoms with E-state index in [4.69, 9.17) is 5.73 Å². The van der Waals surface area contributed by atoms with E-state index < -0.39 is 0 Å². The molecule has 1 aliphatic carbocycles. The van der Waals surface area contributed by atoms with Gasteiger partial charge in [0.05, 0.1) is 6.54 Å². The number of hydrogen-bond acceptors (Lipinski definition) is 3. The molecule has 1 fully saturated rings. The molecule has 0 bridgehead atoms. The van der Waals surface area contributed by atoms with E-state index in [0.29, 0.717) is 18.6 Å². The molecule has 4 heteroatoms. The molecule has 1 amide bonds. The van der Waals surface area contributed by atoms with Crippen molar-refractivity contribution in [2.75, 3.05) is 20.6 Å². The minimum Gasteiger partial charge on any atom is -0.348 e. The second-order valence-corrected chi connectivity index (χ2v) is 4.29. The third-order valence-electron chi connectivity index (χ3n) is 2.76. The Morgan fingerprint density at radius 1 is 1.50 bits per heavy atom. The summed E-state index contributed by atoms with van der Waals surface area (Å²) in [7, 11) is 3.55. The fraction of sp³-hybridized carbons (Fsp3) is 0.900. The van der Waals surface area contributed by atoms with Crippen LogP contribution in [0.25, 0.3) is 0 Å². The van der Waals surface area contributed by atoms with Crippen molar-refractivity contribution in [2.24, 2.45) is 5.73 Å². The van der Waals surface area contributed by atoms with Crippen LogP contribution in [0.2, 0.25) is 0 Å². The number of carbonyl (C=O) groups excluding carboxylic acids is 1. The van der Waals surface area contributed by atoms with E-state index in [0.717, 1.165) is 19.3 Å². The Hall–Kier alpha value is -0.610. The zero-order chi connectivity index (χ0) is 10.6. The first-order valence-electron chi connectivity index (χ1n) is 5.28. The fourth-order valence-electron chi connectivity index (χ4n) is 1.80. The average Bonchev–Trinajstić information content (AvgIpc) is 2.14. The lowest BCUT2D eigenvalue weighted by Gasteiger charge is -2.27. The van der Waals surface area contributed by atoms with Crippen LogP contribution >= 0.6 is 0 Å². The molecule has 0 spiro atoms. The summed E-state index contributed by atoms with van der Waals surface area (Å²) >= 11 is 0. The standard InChI is InChI=1S/C10H21N3O/c1-13(2)10(14)7-12-9-5-3-4-8(11)6-9/h8-9,12H,3-7,11H2,1-2H3. The van der Waals surface area contributed by atoms with Crippen LogP contribution in [0.3, 0.4) is 0 Å². The second-order valence-electron chi connectivity index (χ2n) is 4.29. The van der Waals surface area contributed by atoms with E-state index in [1.807, 2.05) is 0 Å². The zero-order valence-electron chi connectivity index (χ0n) is 9.12. The number of nitrogens with zero attached hydrogens (tertiary/aromatic N) is 1. The minimum absolute atomic E-state index is 0.129. The molecule has 14 heavy (non-hydrogen) atoms. The molecule has 3 N–H and O–H groups in total. The maximum atomic E-state index is 11.3. The summed E-state index contributed by atoms with van der Waals surface area (Å²) in [6.07, 6.45) is 4.45. The smallest absolute Gasteiger partial charge is 0.236 e. The lowest BCUT2D eigenvalue weighted by molar-refractivity contribution is -0.127. The summed E-state index contributed by atoms with van der Waals surface area (Å²) in [6.45, 7) is 0.435. The van der Waals surface area contributed by atoms with Gasteiger partial charge in [0.2, 0.25) is 5.91 Å². The molecule has 0 aromatic heterocycles. The van der Waals surface area contributed by atoms with Gasteiger partial charge in [-0.15, -0.1) is 0 Å². The lowest BCUT2D eigenvalue weighted by atomic mass is 9.92. The summed E-state index contributed by atoms with van der Waals surface area (Å²) in [5.41, 5.74) is 5.86. The van der Waals surface area contributed by atoms with Crippen molar-refractivity contribution in [1.29, 1.82) is 0 Å². The van der Waals surface area contributed by atoms with Gasteiger partial charge < -0.3 is 16.0 Å². The highest BCUT2D eigenvalue weighted by atomic mass is 16.2. The van der Waals surface area contributed by atoms with Crippen LogP contribution in [0.5, 0.6) is 0 Å². The normalized spacial score (nSPS) is 27.4. The third kappa shape index (κ3) is 3.64. The van der Waals surface area contributed by atoms with Crippen LogP contribution in [0.4, 0.5) is 0 Å². The third-order valence-corrected chi connectivity index (χ3v) is 2.76. The zero-order valence-corrected chi connectivity index (χ0v) is 9.12. The van der Waals surface area contributed by atoms with Gasteiger partial charge in [-0.1, -0.05) is 6.42 Å². The summed E-state index contributed by atoms with van der Waals surface area (Å²) < 4.78 is 0. The number of nitrogens with two attached hydrogens (primary N) is 1. The molecule has 0 aromatic carbocycles. The SMILES string of the molecule is CN(C)C(=O)CNC1CCCC(N)C1.